The minimum atomic E-state index is -2.58. The van der Waals surface area contributed by atoms with Gasteiger partial charge in [0.2, 0.25) is 23.4 Å². The van der Waals surface area contributed by atoms with Crippen molar-refractivity contribution < 1.29 is 40.1 Å². The van der Waals surface area contributed by atoms with Gasteiger partial charge in [-0.2, -0.15) is 10.2 Å². The number of hydrogen-bond acceptors (Lipinski definition) is 12. The lowest BCUT2D eigenvalue weighted by Crippen LogP contribution is -2.52. The fraction of sp³-hybridized carbons (Fsp3) is 0.400. The van der Waals surface area contributed by atoms with E-state index in [0.717, 1.165) is 9.80 Å². The Kier molecular flexibility index (Phi) is 9.72. The smallest absolute Gasteiger partial charge is 0.249 e. The number of ether oxygens (including phenoxy) is 2. The Morgan fingerprint density at radius 1 is 0.682 bits per heavy atom. The van der Waals surface area contributed by atoms with Crippen molar-refractivity contribution in [2.45, 2.75) is 29.9 Å². The van der Waals surface area contributed by atoms with Crippen LogP contribution in [0.3, 0.4) is 0 Å². The summed E-state index contributed by atoms with van der Waals surface area (Å²) < 4.78 is 14.3. The normalized spacial score (nSPS) is 15.5. The molecule has 2 heterocycles. The van der Waals surface area contributed by atoms with Crippen molar-refractivity contribution in [3.05, 3.63) is 107 Å². The Morgan fingerprint density at radius 2 is 1.18 bits per heavy atom. The largest absolute Gasteiger partial charge is 0.357 e. The van der Waals surface area contributed by atoms with Crippen molar-refractivity contribution in [2.24, 2.45) is 14.1 Å². The van der Waals surface area contributed by atoms with Gasteiger partial charge in [0.1, 0.15) is 24.6 Å². The SMILES string of the molecule is CN(C)C(O)(O)COC(O)(c1ccccc1)c1cc(CN(C)C(O)(O)COC(O)(c2ccccc2)c2ccnn2C)nn1C. The van der Waals surface area contributed by atoms with Crippen LogP contribution in [0.5, 0.6) is 0 Å². The molecule has 0 saturated heterocycles. The van der Waals surface area contributed by atoms with Crippen molar-refractivity contribution in [3.8, 4) is 0 Å². The molecule has 44 heavy (non-hydrogen) atoms. The lowest BCUT2D eigenvalue weighted by molar-refractivity contribution is -0.319. The molecule has 0 fully saturated rings. The van der Waals surface area contributed by atoms with Crippen molar-refractivity contribution >= 4 is 0 Å². The average molecular weight is 613 g/mol. The summed E-state index contributed by atoms with van der Waals surface area (Å²) in [7, 11) is 7.51. The molecule has 2 unspecified atom stereocenters. The van der Waals surface area contributed by atoms with E-state index in [4.69, 9.17) is 9.47 Å². The van der Waals surface area contributed by atoms with Crippen LogP contribution in [0.25, 0.3) is 0 Å². The number of aromatic nitrogens is 4. The monoisotopic (exact) mass is 612 g/mol. The molecular formula is C30H40N6O8. The van der Waals surface area contributed by atoms with Gasteiger partial charge in [-0.3, -0.25) is 14.3 Å². The maximum atomic E-state index is 11.8. The Bertz CT molecular complexity index is 1510. The van der Waals surface area contributed by atoms with E-state index in [1.54, 1.807) is 80.8 Å². The second kappa shape index (κ2) is 12.8. The standard InChI is InChI=1S/C30H40N6O8/c1-33(2)27(37,38)20-43-30(42,23-14-10-7-11-15-23)26-18-24(32-36(26)5)19-34(3)28(39,40)21-44-29(41,22-12-8-6-9-13-22)25-16-17-31-35(25)4/h6-18,37-42H,19-21H2,1-5H3. The summed E-state index contributed by atoms with van der Waals surface area (Å²) in [6.45, 7) is -1.55. The summed E-state index contributed by atoms with van der Waals surface area (Å²) in [6, 6.07) is 20.0. The summed E-state index contributed by atoms with van der Waals surface area (Å²) in [6.07, 6.45) is 1.49. The first kappa shape index (κ1) is 33.4. The third-order valence-corrected chi connectivity index (χ3v) is 7.45. The van der Waals surface area contributed by atoms with E-state index < -0.39 is 36.6 Å². The summed E-state index contributed by atoms with van der Waals surface area (Å²) in [5.41, 5.74) is 1.41. The zero-order valence-corrected chi connectivity index (χ0v) is 25.3. The Morgan fingerprint density at radius 3 is 1.66 bits per heavy atom. The topological polar surface area (TPSA) is 182 Å². The molecule has 2 aromatic carbocycles. The van der Waals surface area contributed by atoms with Gasteiger partial charge < -0.3 is 40.1 Å². The van der Waals surface area contributed by atoms with Gasteiger partial charge in [0, 0.05) is 38.0 Å². The molecule has 238 valence electrons. The molecule has 0 spiro atoms. The number of rotatable bonds is 14. The van der Waals surface area contributed by atoms with Crippen LogP contribution in [-0.4, -0.2) is 106 Å². The molecule has 2 atom stereocenters. The average Bonchev–Trinajstić information content (AvgIpc) is 3.60. The molecule has 0 radical (unpaired) electrons. The van der Waals surface area contributed by atoms with Crippen molar-refractivity contribution in [2.75, 3.05) is 34.4 Å². The van der Waals surface area contributed by atoms with Crippen molar-refractivity contribution in [1.82, 2.24) is 29.4 Å². The van der Waals surface area contributed by atoms with E-state index in [1.165, 1.54) is 42.8 Å². The lowest BCUT2D eigenvalue weighted by atomic mass is 10.0. The minimum Gasteiger partial charge on any atom is -0.357 e. The molecule has 14 heteroatoms. The van der Waals surface area contributed by atoms with E-state index in [-0.39, 0.29) is 17.9 Å². The summed E-state index contributed by atoms with van der Waals surface area (Å²) >= 11 is 0. The van der Waals surface area contributed by atoms with Gasteiger partial charge in [-0.25, -0.2) is 4.90 Å². The molecule has 0 aliphatic rings. The van der Waals surface area contributed by atoms with Crippen LogP contribution < -0.4 is 0 Å². The highest BCUT2D eigenvalue weighted by atomic mass is 16.7. The van der Waals surface area contributed by atoms with E-state index >= 15 is 0 Å². The molecule has 0 aliphatic heterocycles. The molecule has 0 bridgehead atoms. The molecule has 0 saturated carbocycles. The first-order valence-corrected chi connectivity index (χ1v) is 13.7. The maximum Gasteiger partial charge on any atom is 0.249 e. The molecule has 0 amide bonds. The number of aliphatic hydroxyl groups is 6. The molecule has 4 aromatic rings. The summed E-state index contributed by atoms with van der Waals surface area (Å²) in [4.78, 5) is 2.27. The summed E-state index contributed by atoms with van der Waals surface area (Å²) in [5.74, 6) is -9.16. The predicted molar refractivity (Wildman–Crippen MR) is 157 cm³/mol. The highest BCUT2D eigenvalue weighted by Gasteiger charge is 2.42. The minimum absolute atomic E-state index is 0.133. The van der Waals surface area contributed by atoms with Gasteiger partial charge in [0.15, 0.2) is 0 Å². The molecular weight excluding hydrogens is 572 g/mol. The first-order valence-electron chi connectivity index (χ1n) is 13.7. The second-order valence-corrected chi connectivity index (χ2v) is 10.9. The molecule has 0 aliphatic carbocycles. The van der Waals surface area contributed by atoms with Crippen LogP contribution >= 0.6 is 0 Å². The van der Waals surface area contributed by atoms with E-state index in [1.807, 2.05) is 0 Å². The number of likely N-dealkylation sites (N-methyl/N-ethyl adjacent to an activating group) is 2. The third-order valence-electron chi connectivity index (χ3n) is 7.45. The fourth-order valence-corrected chi connectivity index (χ4v) is 4.58. The van der Waals surface area contributed by atoms with Gasteiger partial charge >= 0.3 is 0 Å². The molecule has 2 aromatic heterocycles. The maximum absolute atomic E-state index is 11.8. The lowest BCUT2D eigenvalue weighted by Gasteiger charge is -2.35. The zero-order chi connectivity index (χ0) is 32.3. The van der Waals surface area contributed by atoms with Gasteiger partial charge in [-0.05, 0) is 33.3 Å². The van der Waals surface area contributed by atoms with Crippen LogP contribution in [-0.2, 0) is 41.7 Å². The third kappa shape index (κ3) is 6.90. The predicted octanol–water partition coefficient (Wildman–Crippen LogP) is -0.456. The van der Waals surface area contributed by atoms with E-state index in [0.29, 0.717) is 16.8 Å². The molecule has 4 rings (SSSR count). The van der Waals surface area contributed by atoms with Gasteiger partial charge in [0.25, 0.3) is 0 Å². The highest BCUT2D eigenvalue weighted by Crippen LogP contribution is 2.34. The van der Waals surface area contributed by atoms with Gasteiger partial charge in [0.05, 0.1) is 5.69 Å². The zero-order valence-electron chi connectivity index (χ0n) is 25.3. The van der Waals surface area contributed by atoms with E-state index in [9.17, 15) is 30.6 Å². The van der Waals surface area contributed by atoms with Crippen LogP contribution in [0, 0.1) is 0 Å². The number of benzene rings is 2. The number of nitrogens with zero attached hydrogens (tertiary/aromatic N) is 6. The van der Waals surface area contributed by atoms with Crippen LogP contribution in [0.4, 0.5) is 0 Å². The number of hydrogen-bond donors (Lipinski definition) is 6. The fourth-order valence-electron chi connectivity index (χ4n) is 4.58. The highest BCUT2D eigenvalue weighted by molar-refractivity contribution is 5.31. The Hall–Kier alpha value is -3.54. The van der Waals surface area contributed by atoms with Gasteiger partial charge in [-0.1, -0.05) is 60.7 Å². The van der Waals surface area contributed by atoms with Crippen LogP contribution in [0.1, 0.15) is 28.2 Å². The van der Waals surface area contributed by atoms with Crippen LogP contribution in [0.2, 0.25) is 0 Å². The van der Waals surface area contributed by atoms with E-state index in [2.05, 4.69) is 10.2 Å². The van der Waals surface area contributed by atoms with Crippen molar-refractivity contribution in [1.29, 1.82) is 0 Å². The molecule has 14 nitrogen and oxygen atoms in total. The van der Waals surface area contributed by atoms with Crippen LogP contribution in [0.15, 0.2) is 79.0 Å². The Labute approximate surface area is 255 Å². The first-order chi connectivity index (χ1) is 20.6. The quantitative estimate of drug-likeness (QED) is 0.101. The second-order valence-electron chi connectivity index (χ2n) is 10.9. The van der Waals surface area contributed by atoms with Gasteiger partial charge in [-0.15, -0.1) is 0 Å². The Balaban J connectivity index is 1.56. The molecule has 6 N–H and O–H groups in total. The summed E-state index contributed by atoms with van der Waals surface area (Å²) in [5, 5.41) is 74.6. The van der Waals surface area contributed by atoms with Crippen molar-refractivity contribution in [3.63, 3.8) is 0 Å². The number of aryl methyl sites for hydroxylation is 2.